The molecule has 11 aromatic rings. The summed E-state index contributed by atoms with van der Waals surface area (Å²) in [5, 5.41) is 7.09. The first-order chi connectivity index (χ1) is 27.3. The van der Waals surface area contributed by atoms with Gasteiger partial charge in [0.05, 0.1) is 21.5 Å². The molecule has 2 heterocycles. The molecule has 0 radical (unpaired) electrons. The van der Waals surface area contributed by atoms with Crippen molar-refractivity contribution in [1.29, 1.82) is 0 Å². The lowest BCUT2D eigenvalue weighted by atomic mass is 9.93. The molecule has 0 saturated carbocycles. The van der Waals surface area contributed by atoms with Crippen molar-refractivity contribution in [3.8, 4) is 33.4 Å². The van der Waals surface area contributed by atoms with E-state index in [1.807, 2.05) is 11.3 Å². The molecule has 0 saturated heterocycles. The van der Waals surface area contributed by atoms with Crippen molar-refractivity contribution in [3.05, 3.63) is 200 Å². The van der Waals surface area contributed by atoms with Crippen molar-refractivity contribution in [2.45, 2.75) is 0 Å². The fourth-order valence-electron chi connectivity index (χ4n) is 8.29. The number of furan rings is 1. The molecule has 2 aromatic heterocycles. The maximum Gasteiger partial charge on any atom is 0.143 e. The van der Waals surface area contributed by atoms with Gasteiger partial charge in [0.2, 0.25) is 0 Å². The first-order valence-corrected chi connectivity index (χ1v) is 19.5. The second kappa shape index (κ2) is 12.9. The topological polar surface area (TPSA) is 16.4 Å². The van der Waals surface area contributed by atoms with Gasteiger partial charge in [0.15, 0.2) is 0 Å². The molecule has 2 nitrogen and oxygen atoms in total. The molecule has 55 heavy (non-hydrogen) atoms. The lowest BCUT2D eigenvalue weighted by Crippen LogP contribution is -2.10. The summed E-state index contributed by atoms with van der Waals surface area (Å²) in [5.74, 6) is 0. The number of nitrogens with zero attached hydrogens (tertiary/aromatic N) is 1. The summed E-state index contributed by atoms with van der Waals surface area (Å²) in [4.78, 5) is 2.44. The zero-order valence-electron chi connectivity index (χ0n) is 29.8. The Morgan fingerprint density at radius 3 is 1.71 bits per heavy atom. The summed E-state index contributed by atoms with van der Waals surface area (Å²) in [6.45, 7) is 0. The van der Waals surface area contributed by atoms with Gasteiger partial charge in [-0.25, -0.2) is 0 Å². The molecule has 0 atom stereocenters. The van der Waals surface area contributed by atoms with Gasteiger partial charge in [-0.3, -0.25) is 0 Å². The van der Waals surface area contributed by atoms with Crippen LogP contribution in [0.4, 0.5) is 17.1 Å². The average molecular weight is 720 g/mol. The number of fused-ring (bicyclic) bond motifs is 7. The van der Waals surface area contributed by atoms with Crippen LogP contribution < -0.4 is 4.90 Å². The molecule has 0 spiro atoms. The van der Waals surface area contributed by atoms with Crippen molar-refractivity contribution in [1.82, 2.24) is 0 Å². The first kappa shape index (κ1) is 31.6. The average Bonchev–Trinajstić information content (AvgIpc) is 3.83. The lowest BCUT2D eigenvalue weighted by molar-refractivity contribution is 0.670. The summed E-state index contributed by atoms with van der Waals surface area (Å²) in [5.41, 5.74) is 12.1. The van der Waals surface area contributed by atoms with Gasteiger partial charge in [-0.2, -0.15) is 0 Å². The van der Waals surface area contributed by atoms with Crippen LogP contribution in [0.1, 0.15) is 0 Å². The van der Waals surface area contributed by atoms with Gasteiger partial charge in [0, 0.05) is 32.1 Å². The molecule has 0 N–H and O–H groups in total. The second-order valence-electron chi connectivity index (χ2n) is 14.0. The van der Waals surface area contributed by atoms with Crippen LogP contribution in [0.25, 0.3) is 86.3 Å². The predicted octanol–water partition coefficient (Wildman–Crippen LogP) is 15.6. The van der Waals surface area contributed by atoms with Gasteiger partial charge < -0.3 is 9.32 Å². The minimum absolute atomic E-state index is 0.861. The lowest BCUT2D eigenvalue weighted by Gasteiger charge is -2.27. The SMILES string of the molecule is c1ccc(-c2ccc(-c3c4ccccc4cc4c3oc3cccc(N(c5ccc(-c6ccccc6)cc5)c5cccc6c5sc5ccccc56)c34)cc2)cc1. The number of anilines is 3. The number of hydrogen-bond acceptors (Lipinski definition) is 3. The van der Waals surface area contributed by atoms with Gasteiger partial charge in [-0.05, 0) is 81.1 Å². The fourth-order valence-corrected chi connectivity index (χ4v) is 9.49. The molecule has 3 heteroatoms. The molecule has 0 fully saturated rings. The van der Waals surface area contributed by atoms with Crippen molar-refractivity contribution in [2.24, 2.45) is 0 Å². The fraction of sp³-hybridized carbons (Fsp3) is 0. The molecule has 0 amide bonds. The largest absolute Gasteiger partial charge is 0.455 e. The van der Waals surface area contributed by atoms with Crippen LogP contribution in [0.2, 0.25) is 0 Å². The molecule has 0 unspecified atom stereocenters. The van der Waals surface area contributed by atoms with Crippen LogP contribution in [-0.4, -0.2) is 0 Å². The first-order valence-electron chi connectivity index (χ1n) is 18.7. The maximum absolute atomic E-state index is 7.01. The van der Waals surface area contributed by atoms with E-state index in [0.717, 1.165) is 50.1 Å². The van der Waals surface area contributed by atoms with Crippen LogP contribution in [0.3, 0.4) is 0 Å². The summed E-state index contributed by atoms with van der Waals surface area (Å²) in [7, 11) is 0. The van der Waals surface area contributed by atoms with Gasteiger partial charge in [-0.15, -0.1) is 11.3 Å². The van der Waals surface area contributed by atoms with Crippen molar-refractivity contribution in [3.63, 3.8) is 0 Å². The Morgan fingerprint density at radius 1 is 0.400 bits per heavy atom. The van der Waals surface area contributed by atoms with E-state index in [-0.39, 0.29) is 0 Å². The van der Waals surface area contributed by atoms with Crippen molar-refractivity contribution < 1.29 is 4.42 Å². The monoisotopic (exact) mass is 719 g/mol. The zero-order chi connectivity index (χ0) is 36.3. The Morgan fingerprint density at radius 2 is 0.964 bits per heavy atom. The number of thiophene rings is 1. The number of rotatable bonds is 6. The standard InChI is InChI=1S/C52H33NOS/c1-3-13-34(14-4-1)36-25-27-38(28-26-36)49-41-18-8-7-17-39(41)33-44-50-45(21-12-23-47(50)54-51(44)49)53(40-31-29-37(30-32-40)35-15-5-2-6-16-35)46-22-11-20-43-42-19-9-10-24-48(42)55-52(43)46/h1-33H. The molecular weight excluding hydrogens is 687 g/mol. The Balaban J connectivity index is 1.17. The Labute approximate surface area is 322 Å². The minimum Gasteiger partial charge on any atom is -0.455 e. The van der Waals surface area contributed by atoms with E-state index in [0.29, 0.717) is 0 Å². The van der Waals surface area contributed by atoms with Crippen LogP contribution in [-0.2, 0) is 0 Å². The van der Waals surface area contributed by atoms with Gasteiger partial charge in [-0.1, -0.05) is 158 Å². The highest BCUT2D eigenvalue weighted by Gasteiger charge is 2.24. The highest BCUT2D eigenvalue weighted by molar-refractivity contribution is 7.26. The van der Waals surface area contributed by atoms with Gasteiger partial charge in [0.1, 0.15) is 11.2 Å². The Kier molecular flexibility index (Phi) is 7.39. The molecule has 0 aliphatic carbocycles. The van der Waals surface area contributed by atoms with E-state index in [4.69, 9.17) is 4.42 Å². The van der Waals surface area contributed by atoms with E-state index in [9.17, 15) is 0 Å². The second-order valence-corrected chi connectivity index (χ2v) is 15.1. The highest BCUT2D eigenvalue weighted by Crippen LogP contribution is 2.50. The smallest absolute Gasteiger partial charge is 0.143 e. The van der Waals surface area contributed by atoms with Gasteiger partial charge >= 0.3 is 0 Å². The van der Waals surface area contributed by atoms with Crippen LogP contribution in [0.5, 0.6) is 0 Å². The summed E-state index contributed by atoms with van der Waals surface area (Å²) >= 11 is 1.85. The molecular formula is C52H33NOS. The summed E-state index contributed by atoms with van der Waals surface area (Å²) in [6, 6.07) is 72.0. The third kappa shape index (κ3) is 5.24. The molecule has 0 aliphatic rings. The quantitative estimate of drug-likeness (QED) is 0.170. The maximum atomic E-state index is 7.01. The van der Waals surface area contributed by atoms with E-state index in [1.54, 1.807) is 0 Å². The van der Waals surface area contributed by atoms with Crippen molar-refractivity contribution >= 4 is 81.3 Å². The van der Waals surface area contributed by atoms with E-state index < -0.39 is 0 Å². The molecule has 0 bridgehead atoms. The third-order valence-electron chi connectivity index (χ3n) is 10.9. The molecule has 0 aliphatic heterocycles. The van der Waals surface area contributed by atoms with Gasteiger partial charge in [0.25, 0.3) is 0 Å². The number of hydrogen-bond donors (Lipinski definition) is 0. The Hall–Kier alpha value is -6.94. The zero-order valence-corrected chi connectivity index (χ0v) is 30.6. The summed E-state index contributed by atoms with van der Waals surface area (Å²) < 4.78 is 9.55. The third-order valence-corrected chi connectivity index (χ3v) is 12.1. The molecule has 9 aromatic carbocycles. The van der Waals surface area contributed by atoms with Crippen molar-refractivity contribution in [2.75, 3.05) is 4.90 Å². The molecule has 258 valence electrons. The molecule has 11 rings (SSSR count). The normalized spacial score (nSPS) is 11.6. The van der Waals surface area contributed by atoms with E-state index in [1.165, 1.54) is 53.2 Å². The van der Waals surface area contributed by atoms with E-state index in [2.05, 4.69) is 205 Å². The highest BCUT2D eigenvalue weighted by atomic mass is 32.1. The predicted molar refractivity (Wildman–Crippen MR) is 235 cm³/mol. The Bertz CT molecular complexity index is 3180. The van der Waals surface area contributed by atoms with Crippen LogP contribution in [0, 0.1) is 0 Å². The van der Waals surface area contributed by atoms with Crippen LogP contribution in [0.15, 0.2) is 205 Å². The summed E-state index contributed by atoms with van der Waals surface area (Å²) in [6.07, 6.45) is 0. The van der Waals surface area contributed by atoms with Crippen LogP contribution >= 0.6 is 11.3 Å². The number of benzene rings is 9. The minimum atomic E-state index is 0.861. The van der Waals surface area contributed by atoms with E-state index >= 15 is 0 Å².